The molecule has 3 rings (SSSR count). The summed E-state index contributed by atoms with van der Waals surface area (Å²) in [5.74, 6) is 2.00. The fraction of sp³-hybridized carbons (Fsp3) is 0.500. The van der Waals surface area contributed by atoms with Crippen LogP contribution < -0.4 is 20.1 Å². The van der Waals surface area contributed by atoms with Gasteiger partial charge in [-0.05, 0) is 63.8 Å². The number of benzene rings is 1. The third-order valence-corrected chi connectivity index (χ3v) is 5.14. The molecule has 34 heavy (non-hydrogen) atoms. The number of pyridine rings is 1. The number of hydrogen-bond donors (Lipinski definition) is 2. The second-order valence-corrected chi connectivity index (χ2v) is 10.4. The van der Waals surface area contributed by atoms with Gasteiger partial charge >= 0.3 is 6.09 Å². The summed E-state index contributed by atoms with van der Waals surface area (Å²) in [5.41, 5.74) is 1.62. The molecule has 184 valence electrons. The smallest absolute Gasteiger partial charge is 0.408 e. The zero-order valence-corrected chi connectivity index (χ0v) is 21.1. The monoisotopic (exact) mass is 469 g/mol. The molecular formula is C26H35N3O5. The molecule has 0 spiro atoms. The summed E-state index contributed by atoms with van der Waals surface area (Å²) in [6.07, 6.45) is 1.97. The normalized spacial score (nSPS) is 14.2. The van der Waals surface area contributed by atoms with Crippen LogP contribution in [0.2, 0.25) is 0 Å². The number of amides is 2. The lowest BCUT2D eigenvalue weighted by Crippen LogP contribution is -2.52. The first kappa shape index (κ1) is 25.3. The molecule has 0 aliphatic carbocycles. The number of nitrogens with zero attached hydrogens (tertiary/aromatic N) is 1. The van der Waals surface area contributed by atoms with Crippen molar-refractivity contribution in [1.29, 1.82) is 0 Å². The maximum atomic E-state index is 12.4. The van der Waals surface area contributed by atoms with Crippen LogP contribution in [0.25, 0.3) is 11.1 Å². The van der Waals surface area contributed by atoms with E-state index in [0.29, 0.717) is 29.8 Å². The molecule has 2 heterocycles. The molecule has 2 aromatic rings. The summed E-state index contributed by atoms with van der Waals surface area (Å²) in [5, 5.41) is 5.71. The van der Waals surface area contributed by atoms with E-state index in [1.54, 1.807) is 6.20 Å². The van der Waals surface area contributed by atoms with Crippen molar-refractivity contribution in [2.45, 2.75) is 72.6 Å². The highest BCUT2D eigenvalue weighted by Crippen LogP contribution is 2.40. The number of carbonyl (C=O) groups excluding carboxylic acids is 2. The van der Waals surface area contributed by atoms with Gasteiger partial charge in [0.05, 0.1) is 5.54 Å². The maximum absolute atomic E-state index is 12.4. The Hall–Kier alpha value is -3.29. The third-order valence-electron chi connectivity index (χ3n) is 5.14. The van der Waals surface area contributed by atoms with Crippen LogP contribution in [0.3, 0.4) is 0 Å². The van der Waals surface area contributed by atoms with E-state index < -0.39 is 17.2 Å². The Kier molecular flexibility index (Phi) is 7.38. The van der Waals surface area contributed by atoms with Crippen molar-refractivity contribution < 1.29 is 23.8 Å². The van der Waals surface area contributed by atoms with Crippen LogP contribution >= 0.6 is 0 Å². The first-order valence-electron chi connectivity index (χ1n) is 11.5. The number of fused-ring (bicyclic) bond motifs is 3. The Bertz CT molecular complexity index is 1060. The van der Waals surface area contributed by atoms with Crippen LogP contribution in [0.15, 0.2) is 30.5 Å². The predicted molar refractivity (Wildman–Crippen MR) is 131 cm³/mol. The quantitative estimate of drug-likeness (QED) is 0.570. The second kappa shape index (κ2) is 9.91. The van der Waals surface area contributed by atoms with Crippen LogP contribution in [-0.2, 0) is 16.1 Å². The average molecular weight is 470 g/mol. The molecule has 0 radical (unpaired) electrons. The number of rotatable bonds is 7. The summed E-state index contributed by atoms with van der Waals surface area (Å²) in [6.45, 7) is 13.8. The Labute approximate surface area is 201 Å². The molecule has 1 atom stereocenters. The zero-order valence-electron chi connectivity index (χ0n) is 21.1. The lowest BCUT2D eigenvalue weighted by molar-refractivity contribution is -0.114. The SMILES string of the molecule is CC(=O)Nc1cc2c(cn1)COc1cc(OCC(C)(CC(C)C)NC(=O)OC(C)(C)C)ccc1-2. The van der Waals surface area contributed by atoms with Gasteiger partial charge in [-0.15, -0.1) is 0 Å². The van der Waals surface area contributed by atoms with Gasteiger partial charge < -0.3 is 24.8 Å². The van der Waals surface area contributed by atoms with Gasteiger partial charge in [-0.2, -0.15) is 0 Å². The van der Waals surface area contributed by atoms with Crippen LogP contribution in [0, 0.1) is 5.92 Å². The van der Waals surface area contributed by atoms with Crippen molar-refractivity contribution in [3.05, 3.63) is 36.0 Å². The van der Waals surface area contributed by atoms with Crippen LogP contribution in [0.1, 0.15) is 60.5 Å². The van der Waals surface area contributed by atoms with Gasteiger partial charge in [0.2, 0.25) is 5.91 Å². The highest BCUT2D eigenvalue weighted by Gasteiger charge is 2.31. The molecule has 8 heteroatoms. The average Bonchev–Trinajstić information content (AvgIpc) is 2.69. The minimum absolute atomic E-state index is 0.173. The Morgan fingerprint density at radius 2 is 1.88 bits per heavy atom. The molecule has 1 aromatic heterocycles. The molecule has 1 unspecified atom stereocenters. The molecular weight excluding hydrogens is 434 g/mol. The van der Waals surface area contributed by atoms with E-state index in [0.717, 1.165) is 23.1 Å². The molecule has 8 nitrogen and oxygen atoms in total. The van der Waals surface area contributed by atoms with E-state index in [1.807, 2.05) is 52.0 Å². The van der Waals surface area contributed by atoms with Crippen molar-refractivity contribution in [2.75, 3.05) is 11.9 Å². The molecule has 0 bridgehead atoms. The minimum Gasteiger partial charge on any atom is -0.491 e. The molecule has 0 saturated carbocycles. The van der Waals surface area contributed by atoms with Crippen molar-refractivity contribution >= 4 is 17.8 Å². The van der Waals surface area contributed by atoms with Gasteiger partial charge in [-0.1, -0.05) is 13.8 Å². The second-order valence-electron chi connectivity index (χ2n) is 10.4. The first-order chi connectivity index (χ1) is 15.8. The molecule has 0 fully saturated rings. The zero-order chi connectivity index (χ0) is 25.1. The van der Waals surface area contributed by atoms with Gasteiger partial charge in [-0.25, -0.2) is 9.78 Å². The minimum atomic E-state index is -0.612. The Balaban J connectivity index is 1.76. The topological polar surface area (TPSA) is 98.8 Å². The van der Waals surface area contributed by atoms with Crippen molar-refractivity contribution in [1.82, 2.24) is 10.3 Å². The van der Waals surface area contributed by atoms with Crippen LogP contribution in [-0.4, -0.2) is 34.7 Å². The highest BCUT2D eigenvalue weighted by molar-refractivity contribution is 5.89. The van der Waals surface area contributed by atoms with Gasteiger partial charge in [0.25, 0.3) is 0 Å². The summed E-state index contributed by atoms with van der Waals surface area (Å²) in [6, 6.07) is 7.50. The highest BCUT2D eigenvalue weighted by atomic mass is 16.6. The standard InChI is InChI=1S/C26H35N3O5/c1-16(2)12-26(7,29-24(31)34-25(4,5)6)15-33-19-8-9-20-21-11-23(28-17(3)30)27-13-18(21)14-32-22(20)10-19/h8-11,13,16H,12,14-15H2,1-7H3,(H,29,31)(H,27,28,30). The number of hydrogen-bond acceptors (Lipinski definition) is 6. The number of alkyl carbamates (subject to hydrolysis) is 1. The molecule has 1 aliphatic rings. The van der Waals surface area contributed by atoms with E-state index in [9.17, 15) is 9.59 Å². The van der Waals surface area contributed by atoms with Gasteiger partial charge in [0.1, 0.15) is 36.1 Å². The van der Waals surface area contributed by atoms with Crippen LogP contribution in [0.5, 0.6) is 11.5 Å². The third kappa shape index (κ3) is 6.85. The fourth-order valence-electron chi connectivity index (χ4n) is 4.03. The number of ether oxygens (including phenoxy) is 3. The fourth-order valence-corrected chi connectivity index (χ4v) is 4.03. The van der Waals surface area contributed by atoms with Crippen molar-refractivity contribution in [3.63, 3.8) is 0 Å². The predicted octanol–water partition coefficient (Wildman–Crippen LogP) is 5.31. The Morgan fingerprint density at radius 3 is 2.53 bits per heavy atom. The summed E-state index contributed by atoms with van der Waals surface area (Å²) >= 11 is 0. The van der Waals surface area contributed by atoms with Gasteiger partial charge in [0, 0.05) is 30.3 Å². The lowest BCUT2D eigenvalue weighted by Gasteiger charge is -2.33. The van der Waals surface area contributed by atoms with Crippen LogP contribution in [0.4, 0.5) is 10.6 Å². The molecule has 1 aromatic carbocycles. The lowest BCUT2D eigenvalue weighted by atomic mass is 9.91. The molecule has 2 amide bonds. The van der Waals surface area contributed by atoms with E-state index >= 15 is 0 Å². The summed E-state index contributed by atoms with van der Waals surface area (Å²) in [4.78, 5) is 28.1. The van der Waals surface area contributed by atoms with Gasteiger partial charge in [-0.3, -0.25) is 4.79 Å². The molecule has 1 aliphatic heterocycles. The van der Waals surface area contributed by atoms with Gasteiger partial charge in [0.15, 0.2) is 0 Å². The van der Waals surface area contributed by atoms with Crippen molar-refractivity contribution in [3.8, 4) is 22.6 Å². The maximum Gasteiger partial charge on any atom is 0.408 e. The van der Waals surface area contributed by atoms with E-state index in [2.05, 4.69) is 29.5 Å². The first-order valence-corrected chi connectivity index (χ1v) is 11.5. The number of aromatic nitrogens is 1. The largest absolute Gasteiger partial charge is 0.491 e. The van der Waals surface area contributed by atoms with E-state index in [-0.39, 0.29) is 12.5 Å². The van der Waals surface area contributed by atoms with Crippen molar-refractivity contribution in [2.24, 2.45) is 5.92 Å². The van der Waals surface area contributed by atoms with E-state index in [4.69, 9.17) is 14.2 Å². The number of nitrogens with one attached hydrogen (secondary N) is 2. The Morgan fingerprint density at radius 1 is 1.15 bits per heavy atom. The number of anilines is 1. The summed E-state index contributed by atoms with van der Waals surface area (Å²) < 4.78 is 17.5. The summed E-state index contributed by atoms with van der Waals surface area (Å²) in [7, 11) is 0. The molecule has 2 N–H and O–H groups in total. The molecule has 0 saturated heterocycles. The number of carbonyl (C=O) groups is 2. The van der Waals surface area contributed by atoms with E-state index in [1.165, 1.54) is 6.92 Å².